The van der Waals surface area contributed by atoms with Crippen molar-refractivity contribution in [1.29, 1.82) is 0 Å². The number of carbonyl (C=O) groups is 1. The molecular formula is C19H15ClN2O2S. The van der Waals surface area contributed by atoms with E-state index in [0.717, 1.165) is 11.3 Å². The second-order valence-corrected chi connectivity index (χ2v) is 6.60. The molecule has 2 aromatic carbocycles. The molecule has 1 amide bonds. The minimum Gasteiger partial charge on any atom is -0.490 e. The van der Waals surface area contributed by atoms with Crippen LogP contribution in [0.2, 0.25) is 5.02 Å². The Labute approximate surface area is 155 Å². The second-order valence-electron chi connectivity index (χ2n) is 5.13. The lowest BCUT2D eigenvalue weighted by Gasteiger charge is -2.03. The average molecular weight is 371 g/mol. The van der Waals surface area contributed by atoms with Gasteiger partial charge in [-0.15, -0.1) is 0 Å². The summed E-state index contributed by atoms with van der Waals surface area (Å²) in [5.74, 6) is 0.589. The van der Waals surface area contributed by atoms with Crippen LogP contribution in [0.1, 0.15) is 5.56 Å². The normalized spacial score (nSPS) is 16.9. The zero-order chi connectivity index (χ0) is 17.6. The largest absolute Gasteiger partial charge is 0.490 e. The highest BCUT2D eigenvalue weighted by atomic mass is 35.5. The molecule has 1 N–H and O–H groups in total. The molecule has 0 saturated carbocycles. The zero-order valence-electron chi connectivity index (χ0n) is 13.2. The van der Waals surface area contributed by atoms with Crippen molar-refractivity contribution in [1.82, 2.24) is 5.32 Å². The Bertz CT molecular complexity index is 860. The molecule has 1 saturated heterocycles. The van der Waals surface area contributed by atoms with Crippen LogP contribution in [0.5, 0.6) is 5.75 Å². The summed E-state index contributed by atoms with van der Waals surface area (Å²) in [6.45, 7) is 4.07. The van der Waals surface area contributed by atoms with E-state index in [-0.39, 0.29) is 5.91 Å². The first kappa shape index (κ1) is 17.3. The van der Waals surface area contributed by atoms with Gasteiger partial charge in [0.2, 0.25) is 0 Å². The number of hydrogen-bond acceptors (Lipinski definition) is 4. The second kappa shape index (κ2) is 8.05. The standard InChI is InChI=1S/C19H15ClN2O2S/c1-2-10-24-16-8-6-13(7-9-16)11-17-18(23)22-19(25-17)21-15-5-3-4-14(20)12-15/h2-9,11-12H,1,10H2,(H,21,22,23)/b17-11-. The highest BCUT2D eigenvalue weighted by Gasteiger charge is 2.23. The number of amidine groups is 1. The molecule has 0 aliphatic carbocycles. The first-order valence-corrected chi connectivity index (χ1v) is 8.72. The average Bonchev–Trinajstić information content (AvgIpc) is 2.93. The lowest BCUT2D eigenvalue weighted by Crippen LogP contribution is -2.19. The lowest BCUT2D eigenvalue weighted by atomic mass is 10.2. The maximum atomic E-state index is 12.1. The van der Waals surface area contributed by atoms with Crippen molar-refractivity contribution in [2.24, 2.45) is 4.99 Å². The van der Waals surface area contributed by atoms with Gasteiger partial charge in [-0.3, -0.25) is 4.79 Å². The maximum Gasteiger partial charge on any atom is 0.264 e. The fourth-order valence-corrected chi connectivity index (χ4v) is 3.14. The topological polar surface area (TPSA) is 50.7 Å². The van der Waals surface area contributed by atoms with Crippen LogP contribution in [0, 0.1) is 0 Å². The van der Waals surface area contributed by atoms with Gasteiger partial charge >= 0.3 is 0 Å². The molecule has 0 unspecified atom stereocenters. The molecule has 2 aromatic rings. The van der Waals surface area contributed by atoms with E-state index in [1.807, 2.05) is 42.5 Å². The summed E-state index contributed by atoms with van der Waals surface area (Å²) in [6, 6.07) is 14.7. The third-order valence-electron chi connectivity index (χ3n) is 3.24. The van der Waals surface area contributed by atoms with Gasteiger partial charge in [0, 0.05) is 5.02 Å². The molecule has 4 nitrogen and oxygen atoms in total. The summed E-state index contributed by atoms with van der Waals surface area (Å²) in [5.41, 5.74) is 1.60. The minimum absolute atomic E-state index is 0.169. The van der Waals surface area contributed by atoms with Crippen molar-refractivity contribution in [3.8, 4) is 5.75 Å². The molecule has 6 heteroatoms. The van der Waals surface area contributed by atoms with E-state index in [1.54, 1.807) is 18.2 Å². The van der Waals surface area contributed by atoms with Crippen LogP contribution >= 0.6 is 23.4 Å². The molecule has 3 rings (SSSR count). The molecule has 1 heterocycles. The van der Waals surface area contributed by atoms with Crippen LogP contribution in [0.15, 0.2) is 71.1 Å². The molecule has 0 spiro atoms. The van der Waals surface area contributed by atoms with Crippen molar-refractivity contribution in [3.05, 3.63) is 76.7 Å². The van der Waals surface area contributed by atoms with E-state index in [4.69, 9.17) is 16.3 Å². The molecule has 0 aromatic heterocycles. The Morgan fingerprint density at radius 1 is 1.24 bits per heavy atom. The molecule has 0 radical (unpaired) electrons. The van der Waals surface area contributed by atoms with Gasteiger partial charge in [-0.2, -0.15) is 0 Å². The Balaban J connectivity index is 1.73. The molecular weight excluding hydrogens is 356 g/mol. The third kappa shape index (κ3) is 4.75. The molecule has 1 fully saturated rings. The summed E-state index contributed by atoms with van der Waals surface area (Å²) < 4.78 is 5.44. The molecule has 0 bridgehead atoms. The Kier molecular flexibility index (Phi) is 5.58. The van der Waals surface area contributed by atoms with Crippen LogP contribution in [-0.4, -0.2) is 17.7 Å². The van der Waals surface area contributed by atoms with Gasteiger partial charge in [0.1, 0.15) is 12.4 Å². The van der Waals surface area contributed by atoms with E-state index in [2.05, 4.69) is 16.9 Å². The van der Waals surface area contributed by atoms with E-state index in [9.17, 15) is 4.79 Å². The van der Waals surface area contributed by atoms with Gasteiger partial charge in [-0.05, 0) is 53.7 Å². The van der Waals surface area contributed by atoms with Crippen LogP contribution in [0.4, 0.5) is 5.69 Å². The van der Waals surface area contributed by atoms with Gasteiger partial charge in [0.15, 0.2) is 5.17 Å². The van der Waals surface area contributed by atoms with Crippen LogP contribution in [-0.2, 0) is 4.79 Å². The van der Waals surface area contributed by atoms with Gasteiger partial charge in [-0.25, -0.2) is 4.99 Å². The fourth-order valence-electron chi connectivity index (χ4n) is 2.11. The number of rotatable bonds is 5. The van der Waals surface area contributed by atoms with Crippen LogP contribution in [0.3, 0.4) is 0 Å². The van der Waals surface area contributed by atoms with E-state index in [0.29, 0.717) is 27.4 Å². The van der Waals surface area contributed by atoms with Crippen LogP contribution < -0.4 is 10.1 Å². The number of nitrogens with zero attached hydrogens (tertiary/aromatic N) is 1. The molecule has 126 valence electrons. The van der Waals surface area contributed by atoms with E-state index < -0.39 is 0 Å². The number of aliphatic imine (C=N–C) groups is 1. The summed E-state index contributed by atoms with van der Waals surface area (Å²) in [5, 5.41) is 3.89. The van der Waals surface area contributed by atoms with Gasteiger partial charge < -0.3 is 10.1 Å². The summed E-state index contributed by atoms with van der Waals surface area (Å²) in [7, 11) is 0. The number of thioether (sulfide) groups is 1. The predicted molar refractivity (Wildman–Crippen MR) is 104 cm³/mol. The Hall–Kier alpha value is -2.50. The molecule has 0 atom stereocenters. The lowest BCUT2D eigenvalue weighted by molar-refractivity contribution is -0.115. The maximum absolute atomic E-state index is 12.1. The summed E-state index contributed by atoms with van der Waals surface area (Å²) in [6.07, 6.45) is 3.51. The highest BCUT2D eigenvalue weighted by molar-refractivity contribution is 8.18. The van der Waals surface area contributed by atoms with E-state index in [1.165, 1.54) is 11.8 Å². The number of benzene rings is 2. The first-order chi connectivity index (χ1) is 12.1. The van der Waals surface area contributed by atoms with Crippen LogP contribution in [0.25, 0.3) is 6.08 Å². The number of nitrogens with one attached hydrogen (secondary N) is 1. The summed E-state index contributed by atoms with van der Waals surface area (Å²) >= 11 is 7.24. The Morgan fingerprint density at radius 3 is 2.76 bits per heavy atom. The van der Waals surface area contributed by atoms with Gasteiger partial charge in [0.05, 0.1) is 10.6 Å². The van der Waals surface area contributed by atoms with Crippen molar-refractivity contribution in [3.63, 3.8) is 0 Å². The number of hydrogen-bond donors (Lipinski definition) is 1. The number of ether oxygens (including phenoxy) is 1. The fraction of sp³-hybridized carbons (Fsp3) is 0.0526. The smallest absolute Gasteiger partial charge is 0.264 e. The third-order valence-corrected chi connectivity index (χ3v) is 4.38. The SMILES string of the molecule is C=CCOc1ccc(/C=C2\SC(=Nc3cccc(Cl)c3)NC2=O)cc1. The zero-order valence-corrected chi connectivity index (χ0v) is 14.8. The molecule has 1 aliphatic heterocycles. The number of carbonyl (C=O) groups excluding carboxylic acids is 1. The number of halogens is 1. The summed E-state index contributed by atoms with van der Waals surface area (Å²) in [4.78, 5) is 17.1. The monoisotopic (exact) mass is 370 g/mol. The quantitative estimate of drug-likeness (QED) is 0.607. The minimum atomic E-state index is -0.169. The molecule has 25 heavy (non-hydrogen) atoms. The molecule has 1 aliphatic rings. The first-order valence-electron chi connectivity index (χ1n) is 7.53. The van der Waals surface area contributed by atoms with E-state index >= 15 is 0 Å². The van der Waals surface area contributed by atoms with Crippen molar-refractivity contribution in [2.75, 3.05) is 6.61 Å². The highest BCUT2D eigenvalue weighted by Crippen LogP contribution is 2.29. The predicted octanol–water partition coefficient (Wildman–Crippen LogP) is 4.80. The number of amides is 1. The van der Waals surface area contributed by atoms with Crippen molar-refractivity contribution >= 4 is 46.2 Å². The Morgan fingerprint density at radius 2 is 2.04 bits per heavy atom. The van der Waals surface area contributed by atoms with Crippen molar-refractivity contribution < 1.29 is 9.53 Å². The van der Waals surface area contributed by atoms with Crippen molar-refractivity contribution in [2.45, 2.75) is 0 Å². The van der Waals surface area contributed by atoms with Gasteiger partial charge in [0.25, 0.3) is 5.91 Å². The van der Waals surface area contributed by atoms with Gasteiger partial charge in [-0.1, -0.05) is 42.5 Å².